The summed E-state index contributed by atoms with van der Waals surface area (Å²) < 4.78 is 33.1. The van der Waals surface area contributed by atoms with Gasteiger partial charge in [0, 0.05) is 60.9 Å². The highest BCUT2D eigenvalue weighted by Crippen LogP contribution is 2.30. The Morgan fingerprint density at radius 2 is 1.71 bits per heavy atom. The molecular formula is C30H28F2N4O2. The van der Waals surface area contributed by atoms with E-state index in [1.165, 1.54) is 31.4 Å². The summed E-state index contributed by atoms with van der Waals surface area (Å²) in [6.07, 6.45) is 7.10. The van der Waals surface area contributed by atoms with Crippen molar-refractivity contribution in [1.29, 1.82) is 0 Å². The van der Waals surface area contributed by atoms with Crippen molar-refractivity contribution >= 4 is 11.7 Å². The van der Waals surface area contributed by atoms with Gasteiger partial charge >= 0.3 is 0 Å². The fourth-order valence-electron chi connectivity index (χ4n) is 4.59. The predicted molar refractivity (Wildman–Crippen MR) is 142 cm³/mol. The summed E-state index contributed by atoms with van der Waals surface area (Å²) in [6, 6.07) is 16.0. The number of halogens is 2. The molecule has 0 atom stereocenters. The van der Waals surface area contributed by atoms with Crippen molar-refractivity contribution in [2.45, 2.75) is 32.7 Å². The van der Waals surface area contributed by atoms with E-state index < -0.39 is 11.6 Å². The third-order valence-corrected chi connectivity index (χ3v) is 6.58. The maximum absolute atomic E-state index is 13.5. The van der Waals surface area contributed by atoms with Crippen LogP contribution >= 0.6 is 0 Å². The first kappa shape index (κ1) is 25.3. The summed E-state index contributed by atoms with van der Waals surface area (Å²) in [5.41, 5.74) is 3.10. The van der Waals surface area contributed by atoms with Crippen LogP contribution in [-0.4, -0.2) is 29.0 Å². The highest BCUT2D eigenvalue weighted by molar-refractivity contribution is 5.96. The summed E-state index contributed by atoms with van der Waals surface area (Å²) in [6.45, 7) is 3.81. The molecule has 1 amide bonds. The summed E-state index contributed by atoms with van der Waals surface area (Å²) in [5, 5.41) is 2.72. The first-order chi connectivity index (χ1) is 18.5. The quantitative estimate of drug-likeness (QED) is 0.307. The van der Waals surface area contributed by atoms with E-state index in [4.69, 9.17) is 4.74 Å². The Balaban J connectivity index is 1.31. The highest BCUT2D eigenvalue weighted by Gasteiger charge is 2.15. The van der Waals surface area contributed by atoms with Gasteiger partial charge < -0.3 is 15.0 Å². The molecule has 1 aliphatic heterocycles. The molecule has 1 fully saturated rings. The SMILES string of the molecule is Cc1c(Oc2ccnc(-c3ccnc(N4CCCCC4)c3)c2)cccc1C(=O)NCc1cc(F)cc(F)c1. The number of carbonyl (C=O) groups excluding carboxylic acids is 1. The fraction of sp³-hybridized carbons (Fsp3) is 0.233. The molecule has 0 bridgehead atoms. The van der Waals surface area contributed by atoms with Crippen LogP contribution in [0.5, 0.6) is 11.5 Å². The number of piperidine rings is 1. The van der Waals surface area contributed by atoms with Crippen LogP contribution in [0.1, 0.15) is 40.7 Å². The minimum atomic E-state index is -0.688. The first-order valence-electron chi connectivity index (χ1n) is 12.6. The molecule has 6 nitrogen and oxygen atoms in total. The Kier molecular flexibility index (Phi) is 7.58. The number of ether oxygens (including phenoxy) is 1. The molecule has 8 heteroatoms. The number of rotatable bonds is 7. The monoisotopic (exact) mass is 514 g/mol. The van der Waals surface area contributed by atoms with Gasteiger partial charge in [-0.1, -0.05) is 6.07 Å². The third-order valence-electron chi connectivity index (χ3n) is 6.58. The standard InChI is InChI=1S/C30H28F2N4O2/c1-20-26(30(37)35-19-21-14-23(31)17-24(32)15-21)6-5-7-28(20)38-25-9-11-33-27(18-25)22-8-10-34-29(16-22)36-12-3-2-4-13-36/h5-11,14-18H,2-4,12-13,19H2,1H3,(H,35,37). The molecular weight excluding hydrogens is 486 g/mol. The number of hydrogen-bond donors (Lipinski definition) is 1. The van der Waals surface area contributed by atoms with E-state index in [-0.39, 0.29) is 12.5 Å². The van der Waals surface area contributed by atoms with Crippen molar-refractivity contribution in [3.05, 3.63) is 101 Å². The van der Waals surface area contributed by atoms with Gasteiger partial charge in [0.1, 0.15) is 29.0 Å². The number of nitrogens with zero attached hydrogens (tertiary/aromatic N) is 3. The molecule has 0 unspecified atom stereocenters. The number of hydrogen-bond acceptors (Lipinski definition) is 5. The van der Waals surface area contributed by atoms with Crippen LogP contribution in [0.25, 0.3) is 11.3 Å². The Labute approximate surface area is 220 Å². The van der Waals surface area contributed by atoms with Gasteiger partial charge in [0.25, 0.3) is 5.91 Å². The molecule has 0 saturated carbocycles. The van der Waals surface area contributed by atoms with Crippen LogP contribution in [0.15, 0.2) is 73.1 Å². The van der Waals surface area contributed by atoms with Crippen LogP contribution in [0, 0.1) is 18.6 Å². The first-order valence-corrected chi connectivity index (χ1v) is 12.6. The largest absolute Gasteiger partial charge is 0.457 e. The van der Waals surface area contributed by atoms with Gasteiger partial charge in [0.2, 0.25) is 0 Å². The van der Waals surface area contributed by atoms with Gasteiger partial charge in [0.15, 0.2) is 0 Å². The van der Waals surface area contributed by atoms with Crippen LogP contribution in [0.3, 0.4) is 0 Å². The summed E-state index contributed by atoms with van der Waals surface area (Å²) >= 11 is 0. The highest BCUT2D eigenvalue weighted by atomic mass is 19.1. The molecule has 0 spiro atoms. The normalized spacial score (nSPS) is 13.3. The van der Waals surface area contributed by atoms with Crippen molar-refractivity contribution in [3.63, 3.8) is 0 Å². The second-order valence-corrected chi connectivity index (χ2v) is 9.32. The molecule has 0 radical (unpaired) electrons. The van der Waals surface area contributed by atoms with Crippen molar-refractivity contribution in [2.24, 2.45) is 0 Å². The number of amides is 1. The molecule has 5 rings (SSSR count). The topological polar surface area (TPSA) is 67.4 Å². The molecule has 3 heterocycles. The van der Waals surface area contributed by atoms with Gasteiger partial charge in [-0.3, -0.25) is 9.78 Å². The minimum Gasteiger partial charge on any atom is -0.457 e. The fourth-order valence-corrected chi connectivity index (χ4v) is 4.59. The molecule has 2 aromatic carbocycles. The van der Waals surface area contributed by atoms with E-state index in [0.717, 1.165) is 36.2 Å². The average molecular weight is 515 g/mol. The zero-order valence-electron chi connectivity index (χ0n) is 21.1. The van der Waals surface area contributed by atoms with E-state index in [0.29, 0.717) is 28.2 Å². The third kappa shape index (κ3) is 5.96. The number of carbonyl (C=O) groups is 1. The van der Waals surface area contributed by atoms with E-state index >= 15 is 0 Å². The second kappa shape index (κ2) is 11.4. The van der Waals surface area contributed by atoms with Gasteiger partial charge in [0.05, 0.1) is 5.69 Å². The summed E-state index contributed by atoms with van der Waals surface area (Å²) in [5.74, 6) is 0.317. The Morgan fingerprint density at radius 1 is 0.947 bits per heavy atom. The van der Waals surface area contributed by atoms with Gasteiger partial charge in [-0.2, -0.15) is 0 Å². The van der Waals surface area contributed by atoms with E-state index in [1.807, 2.05) is 12.1 Å². The lowest BCUT2D eigenvalue weighted by Crippen LogP contribution is -2.30. The molecule has 1 N–H and O–H groups in total. The number of nitrogens with one attached hydrogen (secondary N) is 1. The second-order valence-electron chi connectivity index (χ2n) is 9.32. The average Bonchev–Trinajstić information content (AvgIpc) is 2.93. The molecule has 194 valence electrons. The number of pyridine rings is 2. The minimum absolute atomic E-state index is 0.00287. The molecule has 0 aliphatic carbocycles. The Bertz CT molecular complexity index is 1430. The molecule has 1 aliphatic rings. The number of aromatic nitrogens is 2. The van der Waals surface area contributed by atoms with Crippen molar-refractivity contribution < 1.29 is 18.3 Å². The lowest BCUT2D eigenvalue weighted by Gasteiger charge is -2.27. The molecule has 4 aromatic rings. The maximum atomic E-state index is 13.5. The summed E-state index contributed by atoms with van der Waals surface area (Å²) in [7, 11) is 0. The molecule has 38 heavy (non-hydrogen) atoms. The van der Waals surface area contributed by atoms with Crippen LogP contribution in [0.4, 0.5) is 14.6 Å². The molecule has 2 aromatic heterocycles. The van der Waals surface area contributed by atoms with E-state index in [2.05, 4.69) is 26.3 Å². The van der Waals surface area contributed by atoms with Gasteiger partial charge in [-0.05, 0) is 74.2 Å². The van der Waals surface area contributed by atoms with Crippen LogP contribution in [-0.2, 0) is 6.54 Å². The van der Waals surface area contributed by atoms with E-state index in [9.17, 15) is 13.6 Å². The zero-order valence-corrected chi connectivity index (χ0v) is 21.1. The zero-order chi connectivity index (χ0) is 26.5. The van der Waals surface area contributed by atoms with Crippen molar-refractivity contribution in [2.75, 3.05) is 18.0 Å². The van der Waals surface area contributed by atoms with Crippen LogP contribution in [0.2, 0.25) is 0 Å². The van der Waals surface area contributed by atoms with Gasteiger partial charge in [-0.25, -0.2) is 13.8 Å². The Morgan fingerprint density at radius 3 is 2.50 bits per heavy atom. The number of benzene rings is 2. The lowest BCUT2D eigenvalue weighted by atomic mass is 10.1. The molecule has 1 saturated heterocycles. The lowest BCUT2D eigenvalue weighted by molar-refractivity contribution is 0.0949. The van der Waals surface area contributed by atoms with Crippen LogP contribution < -0.4 is 15.0 Å². The van der Waals surface area contributed by atoms with Crippen molar-refractivity contribution in [1.82, 2.24) is 15.3 Å². The predicted octanol–water partition coefficient (Wildman–Crippen LogP) is 6.44. The Hall–Kier alpha value is -4.33. The van der Waals surface area contributed by atoms with E-state index in [1.54, 1.807) is 43.6 Å². The maximum Gasteiger partial charge on any atom is 0.251 e. The van der Waals surface area contributed by atoms with Gasteiger partial charge in [-0.15, -0.1) is 0 Å². The van der Waals surface area contributed by atoms with Crippen molar-refractivity contribution in [3.8, 4) is 22.8 Å². The number of anilines is 1. The smallest absolute Gasteiger partial charge is 0.251 e. The summed E-state index contributed by atoms with van der Waals surface area (Å²) in [4.78, 5) is 24.2.